The number of halogens is 1. The number of carbonyl (C=O) groups is 2. The maximum absolute atomic E-state index is 12.1. The van der Waals surface area contributed by atoms with Crippen LogP contribution in [-0.2, 0) is 4.79 Å². The van der Waals surface area contributed by atoms with Crippen molar-refractivity contribution in [1.82, 2.24) is 10.6 Å². The molecular formula is C19H17BrN2O3. The summed E-state index contributed by atoms with van der Waals surface area (Å²) in [7, 11) is 0. The number of rotatable bonds is 5. The fraction of sp³-hybridized carbons (Fsp3) is 0.158. The minimum atomic E-state index is -0.298. The average Bonchev–Trinajstić information content (AvgIpc) is 3.04. The van der Waals surface area contributed by atoms with Crippen LogP contribution in [0, 0.1) is 0 Å². The van der Waals surface area contributed by atoms with Crippen molar-refractivity contribution in [2.75, 3.05) is 6.54 Å². The number of carbonyl (C=O) groups excluding carboxylic acids is 2. The SMILES string of the molecule is C[C@@H](NC(=O)CNC(=O)c1cccc(Br)c1)c1cc2ccccc2o1. The highest BCUT2D eigenvalue weighted by Gasteiger charge is 2.15. The third kappa shape index (κ3) is 4.28. The summed E-state index contributed by atoms with van der Waals surface area (Å²) in [5.41, 5.74) is 1.27. The second-order valence-corrected chi connectivity index (χ2v) is 6.58. The van der Waals surface area contributed by atoms with Gasteiger partial charge in [0, 0.05) is 15.4 Å². The molecule has 1 aromatic heterocycles. The zero-order valence-electron chi connectivity index (χ0n) is 13.6. The lowest BCUT2D eigenvalue weighted by Crippen LogP contribution is -2.37. The van der Waals surface area contributed by atoms with Gasteiger partial charge in [0.15, 0.2) is 0 Å². The van der Waals surface area contributed by atoms with Crippen molar-refractivity contribution < 1.29 is 14.0 Å². The van der Waals surface area contributed by atoms with Gasteiger partial charge in [0.2, 0.25) is 5.91 Å². The van der Waals surface area contributed by atoms with E-state index in [1.807, 2.05) is 43.3 Å². The molecule has 0 fully saturated rings. The summed E-state index contributed by atoms with van der Waals surface area (Å²) in [6.45, 7) is 1.74. The third-order valence-corrected chi connectivity index (χ3v) is 4.24. The third-order valence-electron chi connectivity index (χ3n) is 3.75. The van der Waals surface area contributed by atoms with Gasteiger partial charge in [0.1, 0.15) is 11.3 Å². The van der Waals surface area contributed by atoms with Crippen molar-refractivity contribution in [1.29, 1.82) is 0 Å². The number of nitrogens with one attached hydrogen (secondary N) is 2. The second kappa shape index (κ2) is 7.53. The van der Waals surface area contributed by atoms with E-state index in [0.717, 1.165) is 15.4 Å². The second-order valence-electron chi connectivity index (χ2n) is 5.67. The van der Waals surface area contributed by atoms with Crippen molar-refractivity contribution in [3.05, 3.63) is 70.4 Å². The highest BCUT2D eigenvalue weighted by Crippen LogP contribution is 2.23. The van der Waals surface area contributed by atoms with E-state index in [1.54, 1.807) is 18.2 Å². The average molecular weight is 401 g/mol. The van der Waals surface area contributed by atoms with Gasteiger partial charge in [-0.3, -0.25) is 9.59 Å². The Kier molecular flexibility index (Phi) is 5.19. The quantitative estimate of drug-likeness (QED) is 0.683. The van der Waals surface area contributed by atoms with Crippen LogP contribution in [0.5, 0.6) is 0 Å². The molecule has 128 valence electrons. The zero-order valence-corrected chi connectivity index (χ0v) is 15.2. The minimum absolute atomic E-state index is 0.101. The fourth-order valence-corrected chi connectivity index (χ4v) is 2.87. The normalized spacial score (nSPS) is 11.9. The number of benzene rings is 2. The first-order valence-electron chi connectivity index (χ1n) is 7.84. The molecule has 2 N–H and O–H groups in total. The summed E-state index contributed by atoms with van der Waals surface area (Å²) >= 11 is 3.31. The maximum atomic E-state index is 12.1. The van der Waals surface area contributed by atoms with Crippen LogP contribution in [0.2, 0.25) is 0 Å². The van der Waals surface area contributed by atoms with Crippen molar-refractivity contribution >= 4 is 38.7 Å². The van der Waals surface area contributed by atoms with Gasteiger partial charge in [0.05, 0.1) is 12.6 Å². The van der Waals surface area contributed by atoms with E-state index < -0.39 is 0 Å². The standard InChI is InChI=1S/C19H17BrN2O3/c1-12(17-10-13-5-2-3-8-16(13)25-17)22-18(23)11-21-19(24)14-6-4-7-15(20)9-14/h2-10,12H,11H2,1H3,(H,21,24)(H,22,23)/t12-/m1/s1. The Bertz CT molecular complexity index is 887. The Labute approximate surface area is 153 Å². The predicted molar refractivity (Wildman–Crippen MR) is 99.2 cm³/mol. The smallest absolute Gasteiger partial charge is 0.251 e. The molecule has 1 heterocycles. The summed E-state index contributed by atoms with van der Waals surface area (Å²) in [5, 5.41) is 6.41. The van der Waals surface area contributed by atoms with Gasteiger partial charge in [-0.25, -0.2) is 0 Å². The van der Waals surface area contributed by atoms with Gasteiger partial charge in [-0.15, -0.1) is 0 Å². The van der Waals surface area contributed by atoms with Crippen LogP contribution in [0.15, 0.2) is 63.5 Å². The predicted octanol–water partition coefficient (Wildman–Crippen LogP) is 3.80. The molecule has 0 spiro atoms. The number of para-hydroxylation sites is 1. The number of hydrogen-bond donors (Lipinski definition) is 2. The summed E-state index contributed by atoms with van der Waals surface area (Å²) in [4.78, 5) is 24.1. The largest absolute Gasteiger partial charge is 0.459 e. The number of furan rings is 1. The van der Waals surface area contributed by atoms with Crippen LogP contribution >= 0.6 is 15.9 Å². The molecule has 0 aliphatic heterocycles. The van der Waals surface area contributed by atoms with Crippen molar-refractivity contribution in [2.24, 2.45) is 0 Å². The number of hydrogen-bond acceptors (Lipinski definition) is 3. The van der Waals surface area contributed by atoms with E-state index in [4.69, 9.17) is 4.42 Å². The Hall–Kier alpha value is -2.60. The molecule has 0 bridgehead atoms. The van der Waals surface area contributed by atoms with Crippen molar-refractivity contribution in [3.8, 4) is 0 Å². The molecule has 0 saturated heterocycles. The Morgan fingerprint density at radius 3 is 2.68 bits per heavy atom. The molecule has 2 aromatic carbocycles. The van der Waals surface area contributed by atoms with Crippen LogP contribution in [0.3, 0.4) is 0 Å². The van der Waals surface area contributed by atoms with E-state index in [1.165, 1.54) is 0 Å². The lowest BCUT2D eigenvalue weighted by Gasteiger charge is -2.12. The lowest BCUT2D eigenvalue weighted by atomic mass is 10.2. The molecule has 25 heavy (non-hydrogen) atoms. The van der Waals surface area contributed by atoms with Gasteiger partial charge in [0.25, 0.3) is 5.91 Å². The molecule has 3 aromatic rings. The molecule has 0 aliphatic rings. The lowest BCUT2D eigenvalue weighted by molar-refractivity contribution is -0.120. The van der Waals surface area contributed by atoms with E-state index >= 15 is 0 Å². The van der Waals surface area contributed by atoms with Crippen LogP contribution in [-0.4, -0.2) is 18.4 Å². The highest BCUT2D eigenvalue weighted by atomic mass is 79.9. The number of amides is 2. The van der Waals surface area contributed by atoms with Crippen LogP contribution < -0.4 is 10.6 Å². The Morgan fingerprint density at radius 1 is 1.12 bits per heavy atom. The van der Waals surface area contributed by atoms with Crippen LogP contribution in [0.25, 0.3) is 11.0 Å². The first kappa shape index (κ1) is 17.2. The van der Waals surface area contributed by atoms with E-state index in [2.05, 4.69) is 26.6 Å². The summed E-state index contributed by atoms with van der Waals surface area (Å²) < 4.78 is 6.54. The van der Waals surface area contributed by atoms with Gasteiger partial charge in [-0.1, -0.05) is 40.2 Å². The van der Waals surface area contributed by atoms with Crippen molar-refractivity contribution in [3.63, 3.8) is 0 Å². The van der Waals surface area contributed by atoms with E-state index in [-0.39, 0.29) is 24.4 Å². The summed E-state index contributed by atoms with van der Waals surface area (Å²) in [6.07, 6.45) is 0. The first-order chi connectivity index (χ1) is 12.0. The molecule has 0 saturated carbocycles. The molecule has 0 radical (unpaired) electrons. The molecule has 1 atom stereocenters. The molecule has 0 aliphatic carbocycles. The topological polar surface area (TPSA) is 71.3 Å². The van der Waals surface area contributed by atoms with Gasteiger partial charge in [-0.05, 0) is 37.3 Å². The molecule has 3 rings (SSSR count). The van der Waals surface area contributed by atoms with Gasteiger partial charge >= 0.3 is 0 Å². The monoisotopic (exact) mass is 400 g/mol. The molecule has 0 unspecified atom stereocenters. The summed E-state index contributed by atoms with van der Waals surface area (Å²) in [5.74, 6) is 0.0945. The van der Waals surface area contributed by atoms with Gasteiger partial charge in [-0.2, -0.15) is 0 Å². The maximum Gasteiger partial charge on any atom is 0.251 e. The van der Waals surface area contributed by atoms with E-state index in [0.29, 0.717) is 11.3 Å². The zero-order chi connectivity index (χ0) is 17.8. The highest BCUT2D eigenvalue weighted by molar-refractivity contribution is 9.10. The molecule has 6 heteroatoms. The minimum Gasteiger partial charge on any atom is -0.459 e. The van der Waals surface area contributed by atoms with Crippen LogP contribution in [0.1, 0.15) is 29.1 Å². The molecule has 5 nitrogen and oxygen atoms in total. The first-order valence-corrected chi connectivity index (χ1v) is 8.64. The Morgan fingerprint density at radius 2 is 1.92 bits per heavy atom. The molecule has 2 amide bonds. The van der Waals surface area contributed by atoms with E-state index in [9.17, 15) is 9.59 Å². The van der Waals surface area contributed by atoms with Crippen LogP contribution in [0.4, 0.5) is 0 Å². The number of fused-ring (bicyclic) bond motifs is 1. The fourth-order valence-electron chi connectivity index (χ4n) is 2.47. The van der Waals surface area contributed by atoms with Gasteiger partial charge < -0.3 is 15.1 Å². The Balaban J connectivity index is 1.55. The molecular weight excluding hydrogens is 384 g/mol. The van der Waals surface area contributed by atoms with Crippen molar-refractivity contribution in [2.45, 2.75) is 13.0 Å². The summed E-state index contributed by atoms with van der Waals surface area (Å²) in [6, 6.07) is 16.3.